The van der Waals surface area contributed by atoms with Gasteiger partial charge in [-0.15, -0.1) is 0 Å². The molecule has 1 aliphatic rings. The number of imide groups is 1. The lowest BCUT2D eigenvalue weighted by molar-refractivity contribution is -0.152. The van der Waals surface area contributed by atoms with Crippen LogP contribution in [0.5, 0.6) is 0 Å². The summed E-state index contributed by atoms with van der Waals surface area (Å²) >= 11 is 0. The van der Waals surface area contributed by atoms with Crippen molar-refractivity contribution in [3.05, 3.63) is 78.5 Å². The van der Waals surface area contributed by atoms with E-state index in [2.05, 4.69) is 9.97 Å². The first-order chi connectivity index (χ1) is 20.6. The Bertz CT molecular complexity index is 1420. The highest BCUT2D eigenvalue weighted by Gasteiger charge is 2.65. The Morgan fingerprint density at radius 2 is 1.55 bits per heavy atom. The lowest BCUT2D eigenvalue weighted by Crippen LogP contribution is -2.44. The second-order valence-electron chi connectivity index (χ2n) is 13.5. The summed E-state index contributed by atoms with van der Waals surface area (Å²) in [6, 6.07) is 15.2. The number of aromatic nitrogens is 3. The van der Waals surface area contributed by atoms with Gasteiger partial charge < -0.3 is 14.2 Å². The standard InChI is InChI=1S/C34H44N4O6/c1-23(17-19-38(30(40)43-32(3,4)5)31(41)44-33(6,7)8)26-20-34(26,29(39)42-24(2)25-14-10-9-11-15-25)27-21-37(22-36-27)28-16-12-13-18-35-28/h9-16,18,21-24,26H,17,19-20H2,1-8H3/t23-,24-,26?,34?/m1/s1. The number of ether oxygens (including phenoxy) is 3. The summed E-state index contributed by atoms with van der Waals surface area (Å²) in [5.41, 5.74) is -1.07. The van der Waals surface area contributed by atoms with Gasteiger partial charge in [0.05, 0.1) is 5.69 Å². The number of benzene rings is 1. The number of carbonyl (C=O) groups excluding carboxylic acids is 3. The number of amides is 2. The molecule has 1 saturated carbocycles. The molecule has 0 N–H and O–H groups in total. The molecule has 44 heavy (non-hydrogen) atoms. The van der Waals surface area contributed by atoms with Crippen molar-refractivity contribution in [1.29, 1.82) is 0 Å². The van der Waals surface area contributed by atoms with Crippen molar-refractivity contribution < 1.29 is 28.6 Å². The van der Waals surface area contributed by atoms with E-state index in [1.165, 1.54) is 0 Å². The maximum absolute atomic E-state index is 14.0. The van der Waals surface area contributed by atoms with Crippen LogP contribution in [0.2, 0.25) is 0 Å². The van der Waals surface area contributed by atoms with Crippen molar-refractivity contribution >= 4 is 18.2 Å². The molecular weight excluding hydrogens is 560 g/mol. The van der Waals surface area contributed by atoms with Crippen molar-refractivity contribution in [3.8, 4) is 5.82 Å². The molecule has 2 heterocycles. The average Bonchev–Trinajstić information content (AvgIpc) is 3.52. The predicted octanol–water partition coefficient (Wildman–Crippen LogP) is 7.03. The topological polar surface area (TPSA) is 113 Å². The smallest absolute Gasteiger partial charge is 0.419 e. The molecule has 0 aliphatic heterocycles. The normalized spacial score (nSPS) is 19.4. The number of imidazole rings is 1. The van der Waals surface area contributed by atoms with Crippen LogP contribution in [0.25, 0.3) is 5.82 Å². The number of pyridine rings is 1. The highest BCUT2D eigenvalue weighted by molar-refractivity contribution is 5.88. The lowest BCUT2D eigenvalue weighted by atomic mass is 9.91. The van der Waals surface area contributed by atoms with Crippen molar-refractivity contribution in [2.24, 2.45) is 11.8 Å². The van der Waals surface area contributed by atoms with Crippen LogP contribution in [0.1, 0.15) is 85.6 Å². The molecule has 0 spiro atoms. The molecule has 1 aliphatic carbocycles. The Kier molecular flexibility index (Phi) is 9.51. The van der Waals surface area contributed by atoms with Crippen LogP contribution in [-0.2, 0) is 24.4 Å². The quantitative estimate of drug-likeness (QED) is 0.189. The second kappa shape index (κ2) is 12.8. The Balaban J connectivity index is 1.57. The molecule has 236 valence electrons. The molecule has 0 radical (unpaired) electrons. The Labute approximate surface area is 259 Å². The molecule has 1 aromatic carbocycles. The summed E-state index contributed by atoms with van der Waals surface area (Å²) in [7, 11) is 0. The monoisotopic (exact) mass is 604 g/mol. The maximum Gasteiger partial charge on any atom is 0.419 e. The number of nitrogens with zero attached hydrogens (tertiary/aromatic N) is 4. The number of esters is 1. The summed E-state index contributed by atoms with van der Waals surface area (Å²) in [5.74, 6) is 0.113. The van der Waals surface area contributed by atoms with Gasteiger partial charge in [-0.1, -0.05) is 43.3 Å². The average molecular weight is 605 g/mol. The zero-order valence-electron chi connectivity index (χ0n) is 26.9. The molecule has 10 heteroatoms. The van der Waals surface area contributed by atoms with E-state index < -0.39 is 34.9 Å². The van der Waals surface area contributed by atoms with Crippen LogP contribution in [-0.4, -0.2) is 55.3 Å². The van der Waals surface area contributed by atoms with Crippen LogP contribution in [0.3, 0.4) is 0 Å². The van der Waals surface area contributed by atoms with Crippen molar-refractivity contribution in [2.75, 3.05) is 6.54 Å². The van der Waals surface area contributed by atoms with Crippen molar-refractivity contribution in [1.82, 2.24) is 19.4 Å². The molecule has 10 nitrogen and oxygen atoms in total. The molecule has 4 atom stereocenters. The first kappa shape index (κ1) is 32.7. The van der Waals surface area contributed by atoms with Gasteiger partial charge in [0.15, 0.2) is 0 Å². The summed E-state index contributed by atoms with van der Waals surface area (Å²) < 4.78 is 18.9. The molecule has 2 amide bonds. The van der Waals surface area contributed by atoms with E-state index in [9.17, 15) is 14.4 Å². The largest absolute Gasteiger partial charge is 0.457 e. The second-order valence-corrected chi connectivity index (χ2v) is 13.5. The van der Waals surface area contributed by atoms with E-state index in [-0.39, 0.29) is 24.3 Å². The molecule has 2 unspecified atom stereocenters. The molecule has 3 aromatic rings. The Morgan fingerprint density at radius 3 is 2.11 bits per heavy atom. The molecule has 4 rings (SSSR count). The summed E-state index contributed by atoms with van der Waals surface area (Å²) in [6.07, 6.45) is 4.13. The fourth-order valence-corrected chi connectivity index (χ4v) is 5.28. The van der Waals surface area contributed by atoms with E-state index in [0.29, 0.717) is 24.4 Å². The minimum atomic E-state index is -0.981. The maximum atomic E-state index is 14.0. The van der Waals surface area contributed by atoms with Crippen molar-refractivity contribution in [2.45, 2.75) is 91.0 Å². The van der Waals surface area contributed by atoms with Gasteiger partial charge in [0.25, 0.3) is 0 Å². The van der Waals surface area contributed by atoms with E-state index in [1.807, 2.05) is 68.6 Å². The summed E-state index contributed by atoms with van der Waals surface area (Å²) in [5, 5.41) is 0. The van der Waals surface area contributed by atoms with E-state index in [0.717, 1.165) is 10.5 Å². The van der Waals surface area contributed by atoms with Crippen molar-refractivity contribution in [3.63, 3.8) is 0 Å². The van der Waals surface area contributed by atoms with Crippen LogP contribution < -0.4 is 0 Å². The predicted molar refractivity (Wildman–Crippen MR) is 165 cm³/mol. The van der Waals surface area contributed by atoms with Gasteiger partial charge in [-0.05, 0) is 90.8 Å². The molecule has 0 bridgehead atoms. The van der Waals surface area contributed by atoms with E-state index in [4.69, 9.17) is 14.2 Å². The third-order valence-electron chi connectivity index (χ3n) is 7.61. The molecular formula is C34H44N4O6. The summed E-state index contributed by atoms with van der Waals surface area (Å²) in [6.45, 7) is 14.4. The van der Waals surface area contributed by atoms with E-state index in [1.54, 1.807) is 58.6 Å². The van der Waals surface area contributed by atoms with Gasteiger partial charge in [-0.3, -0.25) is 9.36 Å². The zero-order chi connectivity index (χ0) is 32.3. The number of rotatable bonds is 9. The van der Waals surface area contributed by atoms with E-state index >= 15 is 0 Å². The Hall–Kier alpha value is -4.21. The first-order valence-electron chi connectivity index (χ1n) is 15.1. The SMILES string of the molecule is C[C@H](CCN(C(=O)OC(C)(C)C)C(=O)OC(C)(C)C)C1CC1(C(=O)O[C@H](C)c1ccccc1)c1cn(-c2ccccn2)cn1. The first-order valence-corrected chi connectivity index (χ1v) is 15.1. The number of hydrogen-bond donors (Lipinski definition) is 0. The van der Waals surface area contributed by atoms with Gasteiger partial charge in [0.2, 0.25) is 0 Å². The molecule has 2 aromatic heterocycles. The molecule has 0 saturated heterocycles. The van der Waals surface area contributed by atoms with Gasteiger partial charge >= 0.3 is 18.2 Å². The minimum absolute atomic E-state index is 0.0649. The van der Waals surface area contributed by atoms with Crippen LogP contribution in [0, 0.1) is 11.8 Å². The van der Waals surface area contributed by atoms with Gasteiger partial charge in [0, 0.05) is 18.9 Å². The fourth-order valence-electron chi connectivity index (χ4n) is 5.28. The van der Waals surface area contributed by atoms with Crippen LogP contribution >= 0.6 is 0 Å². The minimum Gasteiger partial charge on any atom is -0.457 e. The number of carbonyl (C=O) groups is 3. The van der Waals surface area contributed by atoms with Gasteiger partial charge in [-0.2, -0.15) is 0 Å². The third-order valence-corrected chi connectivity index (χ3v) is 7.61. The van der Waals surface area contributed by atoms with Gasteiger partial charge in [0.1, 0.15) is 34.9 Å². The number of hydrogen-bond acceptors (Lipinski definition) is 8. The fraction of sp³-hybridized carbons (Fsp3) is 0.500. The third kappa shape index (κ3) is 7.84. The van der Waals surface area contributed by atoms with Gasteiger partial charge in [-0.25, -0.2) is 24.5 Å². The molecule has 1 fully saturated rings. The zero-order valence-corrected chi connectivity index (χ0v) is 26.9. The van der Waals surface area contributed by atoms with Crippen LogP contribution in [0.15, 0.2) is 67.3 Å². The highest BCUT2D eigenvalue weighted by atomic mass is 16.6. The van der Waals surface area contributed by atoms with Crippen LogP contribution in [0.4, 0.5) is 9.59 Å². The lowest BCUT2D eigenvalue weighted by Gasteiger charge is -2.29. The highest BCUT2D eigenvalue weighted by Crippen LogP contribution is 2.59. The summed E-state index contributed by atoms with van der Waals surface area (Å²) in [4.78, 5) is 50.1. The Morgan fingerprint density at radius 1 is 0.932 bits per heavy atom.